The zero-order chi connectivity index (χ0) is 26.9. The highest BCUT2D eigenvalue weighted by Crippen LogP contribution is 2.29. The molecule has 1 aliphatic heterocycles. The summed E-state index contributed by atoms with van der Waals surface area (Å²) in [5.41, 5.74) is 2.48. The Labute approximate surface area is 218 Å². The average Bonchev–Trinajstić information content (AvgIpc) is 3.52. The van der Waals surface area contributed by atoms with E-state index in [1.54, 1.807) is 35.9 Å². The van der Waals surface area contributed by atoms with Crippen LogP contribution in [0, 0.1) is 18.6 Å². The number of carbonyl (C=O) groups is 1. The highest BCUT2D eigenvalue weighted by Gasteiger charge is 2.26. The fraction of sp³-hybridized carbons (Fsp3) is 0.185. The minimum atomic E-state index is -4.18. The topological polar surface area (TPSA) is 102 Å². The van der Waals surface area contributed by atoms with Gasteiger partial charge in [-0.2, -0.15) is 0 Å². The number of benzene rings is 3. The molecule has 1 unspecified atom stereocenters. The first kappa shape index (κ1) is 25.4. The first-order valence-electron chi connectivity index (χ1n) is 11.8. The summed E-state index contributed by atoms with van der Waals surface area (Å²) in [4.78, 5) is 17.3. The van der Waals surface area contributed by atoms with Gasteiger partial charge in [-0.25, -0.2) is 31.7 Å². The molecule has 4 aromatic rings. The van der Waals surface area contributed by atoms with E-state index in [0.717, 1.165) is 41.6 Å². The second kappa shape index (κ2) is 10.3. The summed E-state index contributed by atoms with van der Waals surface area (Å²) < 4.78 is 63.0. The van der Waals surface area contributed by atoms with Crippen LogP contribution in [0.1, 0.15) is 28.6 Å². The van der Waals surface area contributed by atoms with Crippen molar-refractivity contribution in [1.29, 1.82) is 0 Å². The van der Waals surface area contributed by atoms with E-state index in [4.69, 9.17) is 4.74 Å². The molecule has 1 aliphatic rings. The normalized spacial score (nSPS) is 13.4. The van der Waals surface area contributed by atoms with E-state index in [9.17, 15) is 22.0 Å². The maximum absolute atomic E-state index is 14.0. The van der Waals surface area contributed by atoms with Crippen molar-refractivity contribution in [3.05, 3.63) is 107 Å². The number of urea groups is 1. The van der Waals surface area contributed by atoms with Crippen LogP contribution < -0.4 is 14.8 Å². The van der Waals surface area contributed by atoms with Crippen LogP contribution >= 0.6 is 0 Å². The first-order chi connectivity index (χ1) is 18.2. The third-order valence-corrected chi connectivity index (χ3v) is 7.70. The molecule has 38 heavy (non-hydrogen) atoms. The summed E-state index contributed by atoms with van der Waals surface area (Å²) in [5.74, 6) is -0.405. The van der Waals surface area contributed by atoms with Crippen LogP contribution in [0.15, 0.2) is 78.0 Å². The van der Waals surface area contributed by atoms with Gasteiger partial charge < -0.3 is 14.6 Å². The number of hydrogen-bond acceptors (Lipinski definition) is 5. The molecule has 0 bridgehead atoms. The molecule has 0 radical (unpaired) electrons. The Morgan fingerprint density at radius 3 is 2.63 bits per heavy atom. The molecular weight excluding hydrogens is 514 g/mol. The van der Waals surface area contributed by atoms with E-state index < -0.39 is 33.7 Å². The highest BCUT2D eigenvalue weighted by atomic mass is 32.2. The van der Waals surface area contributed by atoms with Gasteiger partial charge in [-0.15, -0.1) is 0 Å². The molecule has 2 amide bonds. The van der Waals surface area contributed by atoms with Crippen molar-refractivity contribution in [2.45, 2.75) is 30.7 Å². The van der Waals surface area contributed by atoms with Crippen LogP contribution in [0.4, 0.5) is 13.6 Å². The Morgan fingerprint density at radius 2 is 1.87 bits per heavy atom. The Kier molecular flexibility index (Phi) is 6.85. The number of nitrogens with one attached hydrogen (secondary N) is 2. The number of ether oxygens (including phenoxy) is 1. The van der Waals surface area contributed by atoms with Gasteiger partial charge in [0.1, 0.15) is 23.2 Å². The molecule has 5 rings (SSSR count). The first-order valence-corrected chi connectivity index (χ1v) is 13.3. The lowest BCUT2D eigenvalue weighted by molar-refractivity contribution is 0.241. The van der Waals surface area contributed by atoms with Crippen molar-refractivity contribution in [1.82, 2.24) is 19.6 Å². The second-order valence-corrected chi connectivity index (χ2v) is 10.6. The third-order valence-electron chi connectivity index (χ3n) is 6.21. The lowest BCUT2D eigenvalue weighted by Gasteiger charge is -2.21. The number of hydrogen-bond donors (Lipinski definition) is 2. The molecule has 0 spiro atoms. The van der Waals surface area contributed by atoms with E-state index in [-0.39, 0.29) is 16.9 Å². The van der Waals surface area contributed by atoms with E-state index in [0.29, 0.717) is 18.0 Å². The molecule has 0 fully saturated rings. The molecule has 11 heteroatoms. The van der Waals surface area contributed by atoms with Gasteiger partial charge in [0, 0.05) is 37.0 Å². The van der Waals surface area contributed by atoms with Crippen LogP contribution in [-0.4, -0.2) is 30.6 Å². The summed E-state index contributed by atoms with van der Waals surface area (Å²) in [6, 6.07) is 13.0. The Morgan fingerprint density at radius 1 is 1.11 bits per heavy atom. The average molecular weight is 539 g/mol. The van der Waals surface area contributed by atoms with Gasteiger partial charge in [0.25, 0.3) is 10.0 Å². The third kappa shape index (κ3) is 5.37. The van der Waals surface area contributed by atoms with Crippen LogP contribution in [0.5, 0.6) is 5.75 Å². The monoisotopic (exact) mass is 538 g/mol. The number of rotatable bonds is 7. The number of imidazole rings is 1. The molecule has 8 nitrogen and oxygen atoms in total. The van der Waals surface area contributed by atoms with Crippen LogP contribution in [-0.2, 0) is 22.9 Å². The number of carbonyl (C=O) groups excluding carboxylic acids is 1. The van der Waals surface area contributed by atoms with Gasteiger partial charge in [-0.1, -0.05) is 18.2 Å². The van der Waals surface area contributed by atoms with Crippen LogP contribution in [0.25, 0.3) is 5.69 Å². The number of fused-ring (bicyclic) bond motifs is 1. The fourth-order valence-corrected chi connectivity index (χ4v) is 5.67. The fourth-order valence-electron chi connectivity index (χ4n) is 4.51. The molecule has 2 heterocycles. The molecule has 0 saturated carbocycles. The van der Waals surface area contributed by atoms with Crippen molar-refractivity contribution in [3.8, 4) is 11.4 Å². The molecule has 0 saturated heterocycles. The number of halogens is 2. The minimum Gasteiger partial charge on any atom is -0.493 e. The van der Waals surface area contributed by atoms with Gasteiger partial charge in [-0.3, -0.25) is 0 Å². The van der Waals surface area contributed by atoms with Crippen molar-refractivity contribution >= 4 is 16.1 Å². The summed E-state index contributed by atoms with van der Waals surface area (Å²) in [5, 5.41) is 2.63. The lowest BCUT2D eigenvalue weighted by Crippen LogP contribution is -2.42. The summed E-state index contributed by atoms with van der Waals surface area (Å²) in [6.07, 6.45) is 3.91. The maximum Gasteiger partial charge on any atom is 0.329 e. The predicted molar refractivity (Wildman–Crippen MR) is 136 cm³/mol. The SMILES string of the molecule is Cc1ccccc1S(=O)(=O)NC(=O)NC(Cc1cc(F)cc(F)c1)c1nccn1-c1ccc2c(c1)CCO2. The Hall–Kier alpha value is -4.25. The molecule has 3 aromatic carbocycles. The molecule has 0 aliphatic carbocycles. The lowest BCUT2D eigenvalue weighted by atomic mass is 10.0. The van der Waals surface area contributed by atoms with E-state index in [1.807, 2.05) is 22.9 Å². The smallest absolute Gasteiger partial charge is 0.329 e. The zero-order valence-electron chi connectivity index (χ0n) is 20.3. The van der Waals surface area contributed by atoms with Crippen molar-refractivity contribution in [2.24, 2.45) is 0 Å². The summed E-state index contributed by atoms with van der Waals surface area (Å²) in [7, 11) is -4.18. The molecule has 2 N–H and O–H groups in total. The molecule has 1 atom stereocenters. The second-order valence-electron chi connectivity index (χ2n) is 8.92. The number of nitrogens with zero attached hydrogens (tertiary/aromatic N) is 2. The van der Waals surface area contributed by atoms with E-state index in [2.05, 4.69) is 10.3 Å². The van der Waals surface area contributed by atoms with E-state index in [1.165, 1.54) is 12.3 Å². The quantitative estimate of drug-likeness (QED) is 0.364. The van der Waals surface area contributed by atoms with Crippen molar-refractivity contribution in [3.63, 3.8) is 0 Å². The number of amides is 2. The standard InChI is InChI=1S/C27H24F2N4O4S/c1-17-4-2-3-5-25(17)38(35,36)32-27(34)31-23(14-18-12-20(28)16-21(29)13-18)26-30-9-10-33(26)22-6-7-24-19(15-22)8-11-37-24/h2-7,9-10,12-13,15-16,23H,8,11,14H2,1H3,(H2,31,32,34). The van der Waals surface area contributed by atoms with Gasteiger partial charge in [0.15, 0.2) is 0 Å². The van der Waals surface area contributed by atoms with Gasteiger partial charge in [-0.05, 0) is 60.0 Å². The summed E-state index contributed by atoms with van der Waals surface area (Å²) in [6.45, 7) is 2.20. The summed E-state index contributed by atoms with van der Waals surface area (Å²) >= 11 is 0. The number of sulfonamides is 1. The van der Waals surface area contributed by atoms with Gasteiger partial charge in [0.05, 0.1) is 17.5 Å². The largest absolute Gasteiger partial charge is 0.493 e. The number of aryl methyl sites for hydroxylation is 1. The van der Waals surface area contributed by atoms with Gasteiger partial charge in [0.2, 0.25) is 0 Å². The highest BCUT2D eigenvalue weighted by molar-refractivity contribution is 7.90. The minimum absolute atomic E-state index is 0.0410. The number of aromatic nitrogens is 2. The molecule has 1 aromatic heterocycles. The van der Waals surface area contributed by atoms with Crippen molar-refractivity contribution < 1.29 is 26.7 Å². The van der Waals surface area contributed by atoms with E-state index >= 15 is 0 Å². The maximum atomic E-state index is 14.0. The zero-order valence-corrected chi connectivity index (χ0v) is 21.1. The van der Waals surface area contributed by atoms with Gasteiger partial charge >= 0.3 is 6.03 Å². The molecular formula is C27H24F2N4O4S. The van der Waals surface area contributed by atoms with Crippen molar-refractivity contribution in [2.75, 3.05) is 6.61 Å². The predicted octanol–water partition coefficient (Wildman–Crippen LogP) is 4.37. The molecule has 196 valence electrons. The Balaban J connectivity index is 1.47. The van der Waals surface area contributed by atoms with Crippen LogP contribution in [0.2, 0.25) is 0 Å². The Bertz CT molecular complexity index is 1600. The van der Waals surface area contributed by atoms with Crippen LogP contribution in [0.3, 0.4) is 0 Å².